The molecule has 108 valence electrons. The Morgan fingerprint density at radius 2 is 2.20 bits per heavy atom. The average Bonchev–Trinajstić information content (AvgIpc) is 2.83. The van der Waals surface area contributed by atoms with Crippen LogP contribution in [0, 0.1) is 5.92 Å². The third-order valence-corrected chi connectivity index (χ3v) is 3.25. The summed E-state index contributed by atoms with van der Waals surface area (Å²) in [4.78, 5) is 15.0. The molecule has 0 aliphatic heterocycles. The SMILES string of the molecule is CCNCCc1c[nH]c2cccc(OC(=O)C(C)C)c12. The van der Waals surface area contributed by atoms with Crippen molar-refractivity contribution in [2.75, 3.05) is 13.1 Å². The first-order chi connectivity index (χ1) is 9.63. The Morgan fingerprint density at radius 3 is 2.90 bits per heavy atom. The van der Waals surface area contributed by atoms with Gasteiger partial charge in [-0.1, -0.05) is 26.8 Å². The van der Waals surface area contributed by atoms with Crippen LogP contribution in [0.25, 0.3) is 10.9 Å². The number of hydrogen-bond acceptors (Lipinski definition) is 3. The van der Waals surface area contributed by atoms with Crippen LogP contribution in [0.1, 0.15) is 26.3 Å². The molecule has 1 aromatic heterocycles. The number of carbonyl (C=O) groups excluding carboxylic acids is 1. The molecule has 0 aliphatic rings. The van der Waals surface area contributed by atoms with Crippen LogP contribution in [0.15, 0.2) is 24.4 Å². The Balaban J connectivity index is 2.29. The van der Waals surface area contributed by atoms with Crippen LogP contribution in [-0.2, 0) is 11.2 Å². The molecule has 2 rings (SSSR count). The van der Waals surface area contributed by atoms with E-state index in [2.05, 4.69) is 17.2 Å². The molecule has 4 nitrogen and oxygen atoms in total. The number of carbonyl (C=O) groups is 1. The molecule has 20 heavy (non-hydrogen) atoms. The number of fused-ring (bicyclic) bond motifs is 1. The monoisotopic (exact) mass is 274 g/mol. The third kappa shape index (κ3) is 3.20. The quantitative estimate of drug-likeness (QED) is 0.484. The van der Waals surface area contributed by atoms with Gasteiger partial charge in [0.1, 0.15) is 5.75 Å². The highest BCUT2D eigenvalue weighted by molar-refractivity contribution is 5.91. The molecule has 0 spiro atoms. The standard InChI is InChI=1S/C16H22N2O2/c1-4-17-9-8-12-10-18-13-6-5-7-14(15(12)13)20-16(19)11(2)3/h5-7,10-11,17-18H,4,8-9H2,1-3H3. The van der Waals surface area contributed by atoms with Crippen molar-refractivity contribution in [3.05, 3.63) is 30.0 Å². The van der Waals surface area contributed by atoms with Crippen molar-refractivity contribution in [3.8, 4) is 5.75 Å². The van der Waals surface area contributed by atoms with E-state index >= 15 is 0 Å². The Bertz CT molecular complexity index is 587. The summed E-state index contributed by atoms with van der Waals surface area (Å²) in [5, 5.41) is 4.32. The summed E-state index contributed by atoms with van der Waals surface area (Å²) in [5.41, 5.74) is 2.18. The largest absolute Gasteiger partial charge is 0.426 e. The summed E-state index contributed by atoms with van der Waals surface area (Å²) < 4.78 is 5.52. The first-order valence-electron chi connectivity index (χ1n) is 7.14. The summed E-state index contributed by atoms with van der Waals surface area (Å²) in [6.07, 6.45) is 2.90. The zero-order valence-electron chi connectivity index (χ0n) is 12.3. The van der Waals surface area contributed by atoms with Gasteiger partial charge in [0, 0.05) is 17.1 Å². The van der Waals surface area contributed by atoms with Crippen LogP contribution in [0.4, 0.5) is 0 Å². The number of rotatable bonds is 6. The molecular formula is C16H22N2O2. The number of esters is 1. The van der Waals surface area contributed by atoms with Gasteiger partial charge in [0.15, 0.2) is 0 Å². The van der Waals surface area contributed by atoms with Crippen LogP contribution in [0.3, 0.4) is 0 Å². The summed E-state index contributed by atoms with van der Waals surface area (Å²) in [6, 6.07) is 5.75. The fourth-order valence-corrected chi connectivity index (χ4v) is 2.13. The maximum Gasteiger partial charge on any atom is 0.313 e. The lowest BCUT2D eigenvalue weighted by molar-refractivity contribution is -0.137. The zero-order chi connectivity index (χ0) is 14.5. The predicted octanol–water partition coefficient (Wildman–Crippen LogP) is 2.88. The molecule has 0 amide bonds. The number of hydrogen-bond donors (Lipinski definition) is 2. The lowest BCUT2D eigenvalue weighted by Crippen LogP contribution is -2.16. The molecule has 0 saturated heterocycles. The molecule has 0 unspecified atom stereocenters. The van der Waals surface area contributed by atoms with E-state index in [4.69, 9.17) is 4.74 Å². The highest BCUT2D eigenvalue weighted by atomic mass is 16.5. The average molecular weight is 274 g/mol. The minimum atomic E-state index is -0.198. The third-order valence-electron chi connectivity index (χ3n) is 3.25. The van der Waals surface area contributed by atoms with Gasteiger partial charge in [-0.25, -0.2) is 0 Å². The van der Waals surface area contributed by atoms with Crippen molar-refractivity contribution >= 4 is 16.9 Å². The molecular weight excluding hydrogens is 252 g/mol. The van der Waals surface area contributed by atoms with Gasteiger partial charge in [0.25, 0.3) is 0 Å². The van der Waals surface area contributed by atoms with Gasteiger partial charge >= 0.3 is 5.97 Å². The van der Waals surface area contributed by atoms with Crippen LogP contribution >= 0.6 is 0 Å². The second-order valence-corrected chi connectivity index (χ2v) is 5.17. The lowest BCUT2D eigenvalue weighted by atomic mass is 10.1. The van der Waals surface area contributed by atoms with Gasteiger partial charge in [0.2, 0.25) is 0 Å². The van der Waals surface area contributed by atoms with E-state index in [0.29, 0.717) is 5.75 Å². The van der Waals surface area contributed by atoms with Gasteiger partial charge in [-0.15, -0.1) is 0 Å². The Kier molecular flexibility index (Phi) is 4.79. The molecule has 0 saturated carbocycles. The molecule has 1 aromatic carbocycles. The van der Waals surface area contributed by atoms with Crippen molar-refractivity contribution in [3.63, 3.8) is 0 Å². The molecule has 2 N–H and O–H groups in total. The number of aromatic amines is 1. The fourth-order valence-electron chi connectivity index (χ4n) is 2.13. The molecule has 1 heterocycles. The minimum absolute atomic E-state index is 0.130. The van der Waals surface area contributed by atoms with Gasteiger partial charge < -0.3 is 15.0 Å². The Hall–Kier alpha value is -1.81. The van der Waals surface area contributed by atoms with Crippen LogP contribution in [-0.4, -0.2) is 24.0 Å². The van der Waals surface area contributed by atoms with E-state index in [1.165, 1.54) is 5.56 Å². The Morgan fingerprint density at radius 1 is 1.40 bits per heavy atom. The number of ether oxygens (including phenoxy) is 1. The van der Waals surface area contributed by atoms with E-state index < -0.39 is 0 Å². The van der Waals surface area contributed by atoms with Crippen molar-refractivity contribution in [2.45, 2.75) is 27.2 Å². The van der Waals surface area contributed by atoms with Crippen molar-refractivity contribution in [1.29, 1.82) is 0 Å². The van der Waals surface area contributed by atoms with E-state index in [1.807, 2.05) is 38.2 Å². The summed E-state index contributed by atoms with van der Waals surface area (Å²) in [7, 11) is 0. The number of H-pyrrole nitrogens is 1. The maximum absolute atomic E-state index is 11.8. The lowest BCUT2D eigenvalue weighted by Gasteiger charge is -2.09. The van der Waals surface area contributed by atoms with E-state index in [1.54, 1.807) is 0 Å². The highest BCUT2D eigenvalue weighted by Crippen LogP contribution is 2.29. The van der Waals surface area contributed by atoms with Gasteiger partial charge in [0.05, 0.1) is 5.92 Å². The van der Waals surface area contributed by atoms with E-state index in [-0.39, 0.29) is 11.9 Å². The molecule has 2 aromatic rings. The van der Waals surface area contributed by atoms with Gasteiger partial charge in [-0.3, -0.25) is 4.79 Å². The Labute approximate surface area is 119 Å². The molecule has 0 atom stereocenters. The molecule has 0 bridgehead atoms. The molecule has 4 heteroatoms. The number of likely N-dealkylation sites (N-methyl/N-ethyl adjacent to an activating group) is 1. The fraction of sp³-hybridized carbons (Fsp3) is 0.438. The summed E-state index contributed by atoms with van der Waals surface area (Å²) >= 11 is 0. The first kappa shape index (κ1) is 14.6. The smallest absolute Gasteiger partial charge is 0.313 e. The normalized spacial score (nSPS) is 11.2. The second-order valence-electron chi connectivity index (χ2n) is 5.17. The van der Waals surface area contributed by atoms with Crippen molar-refractivity contribution in [2.24, 2.45) is 5.92 Å². The van der Waals surface area contributed by atoms with Crippen LogP contribution < -0.4 is 10.1 Å². The first-order valence-corrected chi connectivity index (χ1v) is 7.14. The van der Waals surface area contributed by atoms with Gasteiger partial charge in [-0.2, -0.15) is 0 Å². The summed E-state index contributed by atoms with van der Waals surface area (Å²) in [6.45, 7) is 7.63. The highest BCUT2D eigenvalue weighted by Gasteiger charge is 2.14. The summed E-state index contributed by atoms with van der Waals surface area (Å²) in [5.74, 6) is 0.319. The molecule has 0 fully saturated rings. The van der Waals surface area contributed by atoms with Crippen LogP contribution in [0.5, 0.6) is 5.75 Å². The maximum atomic E-state index is 11.8. The number of nitrogens with one attached hydrogen (secondary N) is 2. The predicted molar refractivity (Wildman–Crippen MR) is 81.0 cm³/mol. The minimum Gasteiger partial charge on any atom is -0.426 e. The van der Waals surface area contributed by atoms with E-state index in [0.717, 1.165) is 30.4 Å². The van der Waals surface area contributed by atoms with Crippen LogP contribution in [0.2, 0.25) is 0 Å². The van der Waals surface area contributed by atoms with Crippen molar-refractivity contribution in [1.82, 2.24) is 10.3 Å². The molecule has 0 aliphatic carbocycles. The zero-order valence-corrected chi connectivity index (χ0v) is 12.3. The number of benzene rings is 1. The van der Waals surface area contributed by atoms with E-state index in [9.17, 15) is 4.79 Å². The van der Waals surface area contributed by atoms with Gasteiger partial charge in [-0.05, 0) is 37.2 Å². The van der Waals surface area contributed by atoms with Crippen molar-refractivity contribution < 1.29 is 9.53 Å². The molecule has 0 radical (unpaired) electrons. The number of aromatic nitrogens is 1. The second kappa shape index (κ2) is 6.57. The topological polar surface area (TPSA) is 54.1 Å².